The van der Waals surface area contributed by atoms with E-state index >= 15 is 0 Å². The van der Waals surface area contributed by atoms with Gasteiger partial charge in [0.15, 0.2) is 0 Å². The van der Waals surface area contributed by atoms with E-state index in [1.807, 2.05) is 36.2 Å². The first-order valence-electron chi connectivity index (χ1n) is 9.00. The third kappa shape index (κ3) is 5.22. The van der Waals surface area contributed by atoms with Gasteiger partial charge in [-0.2, -0.15) is 0 Å². The Kier molecular flexibility index (Phi) is 7.02. The number of aryl methyl sites for hydroxylation is 1. The average molecular weight is 436 g/mol. The molecule has 0 atom stereocenters. The zero-order chi connectivity index (χ0) is 21.0. The Hall–Kier alpha value is -2.26. The van der Waals surface area contributed by atoms with Gasteiger partial charge in [0, 0.05) is 18.7 Å². The van der Waals surface area contributed by atoms with Crippen LogP contribution in [0.2, 0.25) is 5.02 Å². The smallest absolute Gasteiger partial charge is 0.348 e. The summed E-state index contributed by atoms with van der Waals surface area (Å²) in [5, 5.41) is 1.12. The third-order valence-corrected chi connectivity index (χ3v) is 5.76. The third-order valence-electron chi connectivity index (χ3n) is 4.34. The van der Waals surface area contributed by atoms with Gasteiger partial charge in [-0.25, -0.2) is 9.78 Å². The summed E-state index contributed by atoms with van der Waals surface area (Å²) in [6, 6.07) is 7.61. The van der Waals surface area contributed by atoms with Gasteiger partial charge in [0.05, 0.1) is 18.5 Å². The van der Waals surface area contributed by atoms with E-state index in [0.717, 1.165) is 5.56 Å². The number of H-pyrrole nitrogens is 1. The number of halogens is 1. The predicted octanol–water partition coefficient (Wildman–Crippen LogP) is 3.38. The molecular formula is C20H22ClN3O4S. The van der Waals surface area contributed by atoms with E-state index in [2.05, 4.69) is 9.97 Å². The largest absolute Gasteiger partial charge is 0.459 e. The van der Waals surface area contributed by atoms with Crippen LogP contribution in [0.4, 0.5) is 0 Å². The van der Waals surface area contributed by atoms with Crippen LogP contribution in [0.15, 0.2) is 29.1 Å². The molecule has 29 heavy (non-hydrogen) atoms. The highest BCUT2D eigenvalue weighted by atomic mass is 35.5. The van der Waals surface area contributed by atoms with Crippen LogP contribution in [0.5, 0.6) is 0 Å². The molecule has 3 aromatic rings. The number of hydrogen-bond acceptors (Lipinski definition) is 7. The first kappa shape index (κ1) is 21.4. The summed E-state index contributed by atoms with van der Waals surface area (Å²) in [4.78, 5) is 35.2. The number of benzene rings is 1. The van der Waals surface area contributed by atoms with Crippen molar-refractivity contribution in [1.82, 2.24) is 14.9 Å². The molecule has 3 rings (SSSR count). The number of methoxy groups -OCH3 is 1. The van der Waals surface area contributed by atoms with Crippen LogP contribution in [0.1, 0.15) is 26.6 Å². The highest BCUT2D eigenvalue weighted by molar-refractivity contribution is 7.20. The van der Waals surface area contributed by atoms with Crippen molar-refractivity contribution < 1.29 is 14.3 Å². The molecule has 0 fully saturated rings. The molecule has 1 N–H and O–H groups in total. The van der Waals surface area contributed by atoms with Crippen molar-refractivity contribution in [2.45, 2.75) is 20.0 Å². The van der Waals surface area contributed by atoms with E-state index in [1.54, 1.807) is 6.92 Å². The van der Waals surface area contributed by atoms with Crippen LogP contribution in [0.3, 0.4) is 0 Å². The Morgan fingerprint density at radius 1 is 1.24 bits per heavy atom. The minimum Gasteiger partial charge on any atom is -0.459 e. The van der Waals surface area contributed by atoms with E-state index in [0.29, 0.717) is 51.2 Å². The highest BCUT2D eigenvalue weighted by Crippen LogP contribution is 2.27. The van der Waals surface area contributed by atoms with Crippen molar-refractivity contribution in [2.24, 2.45) is 0 Å². The number of carbonyl (C=O) groups excluding carboxylic acids is 1. The van der Waals surface area contributed by atoms with Gasteiger partial charge in [-0.05, 0) is 37.2 Å². The highest BCUT2D eigenvalue weighted by Gasteiger charge is 2.20. The number of aromatic amines is 1. The zero-order valence-electron chi connectivity index (χ0n) is 16.5. The van der Waals surface area contributed by atoms with Crippen LogP contribution < -0.4 is 5.56 Å². The van der Waals surface area contributed by atoms with Gasteiger partial charge in [0.2, 0.25) is 0 Å². The number of nitrogens with one attached hydrogen (secondary N) is 1. The van der Waals surface area contributed by atoms with Crippen LogP contribution in [0.25, 0.3) is 10.2 Å². The normalized spacial score (nSPS) is 11.3. The molecule has 1 aromatic carbocycles. The second kappa shape index (κ2) is 9.49. The molecule has 0 saturated carbocycles. The van der Waals surface area contributed by atoms with Gasteiger partial charge < -0.3 is 14.5 Å². The molecule has 2 heterocycles. The van der Waals surface area contributed by atoms with Crippen molar-refractivity contribution in [3.8, 4) is 0 Å². The van der Waals surface area contributed by atoms with Crippen LogP contribution in [-0.2, 0) is 22.6 Å². The summed E-state index contributed by atoms with van der Waals surface area (Å²) in [6.45, 7) is 3.35. The number of thiophene rings is 1. The van der Waals surface area contributed by atoms with E-state index < -0.39 is 5.97 Å². The fourth-order valence-electron chi connectivity index (χ4n) is 2.95. The summed E-state index contributed by atoms with van der Waals surface area (Å²) < 4.78 is 10.1. The maximum atomic E-state index is 12.6. The lowest BCUT2D eigenvalue weighted by Crippen LogP contribution is -2.21. The van der Waals surface area contributed by atoms with Gasteiger partial charge in [0.1, 0.15) is 22.1 Å². The molecule has 0 aliphatic carbocycles. The molecule has 0 radical (unpaired) electrons. The number of fused-ring (bicyclic) bond motifs is 1. The molecule has 0 aliphatic rings. The van der Waals surface area contributed by atoms with Crippen LogP contribution in [0, 0.1) is 6.92 Å². The SMILES string of the molecule is COCCOC(=O)c1sc2nc(CN(C)Cc3ccc(Cl)cc3)[nH]c(=O)c2c1C. The van der Waals surface area contributed by atoms with Gasteiger partial charge in [0.25, 0.3) is 5.56 Å². The Morgan fingerprint density at radius 2 is 1.97 bits per heavy atom. The summed E-state index contributed by atoms with van der Waals surface area (Å²) in [5.74, 6) is 0.0721. The lowest BCUT2D eigenvalue weighted by molar-refractivity contribution is 0.0393. The molecule has 0 unspecified atom stereocenters. The molecule has 0 spiro atoms. The number of hydrogen-bond donors (Lipinski definition) is 1. The Balaban J connectivity index is 1.78. The maximum absolute atomic E-state index is 12.6. The number of carbonyl (C=O) groups is 1. The second-order valence-electron chi connectivity index (χ2n) is 6.68. The molecule has 0 amide bonds. The van der Waals surface area contributed by atoms with Gasteiger partial charge >= 0.3 is 5.97 Å². The molecule has 7 nitrogen and oxygen atoms in total. The lowest BCUT2D eigenvalue weighted by atomic mass is 10.2. The van der Waals surface area contributed by atoms with Crippen molar-refractivity contribution in [2.75, 3.05) is 27.4 Å². The van der Waals surface area contributed by atoms with E-state index in [4.69, 9.17) is 21.1 Å². The van der Waals surface area contributed by atoms with Crippen molar-refractivity contribution >= 4 is 39.1 Å². The summed E-state index contributed by atoms with van der Waals surface area (Å²) in [7, 11) is 3.48. The summed E-state index contributed by atoms with van der Waals surface area (Å²) >= 11 is 7.09. The first-order valence-corrected chi connectivity index (χ1v) is 10.2. The van der Waals surface area contributed by atoms with Crippen LogP contribution in [-0.4, -0.2) is 48.2 Å². The average Bonchev–Trinajstić information content (AvgIpc) is 3.00. The van der Waals surface area contributed by atoms with Gasteiger partial charge in [-0.3, -0.25) is 9.69 Å². The first-order chi connectivity index (χ1) is 13.9. The van der Waals surface area contributed by atoms with Crippen molar-refractivity contribution in [3.63, 3.8) is 0 Å². The van der Waals surface area contributed by atoms with Crippen molar-refractivity contribution in [1.29, 1.82) is 0 Å². The minimum atomic E-state index is -0.469. The quantitative estimate of drug-likeness (QED) is 0.431. The monoisotopic (exact) mass is 435 g/mol. The topological polar surface area (TPSA) is 84.5 Å². The molecule has 154 valence electrons. The summed E-state index contributed by atoms with van der Waals surface area (Å²) in [5.41, 5.74) is 1.44. The van der Waals surface area contributed by atoms with E-state index in [-0.39, 0.29) is 12.2 Å². The fraction of sp³-hybridized carbons (Fsp3) is 0.350. The number of aromatic nitrogens is 2. The molecule has 9 heteroatoms. The molecule has 2 aromatic heterocycles. The number of ether oxygens (including phenoxy) is 2. The number of esters is 1. The Labute approximate surface area is 177 Å². The lowest BCUT2D eigenvalue weighted by Gasteiger charge is -2.16. The maximum Gasteiger partial charge on any atom is 0.348 e. The van der Waals surface area contributed by atoms with E-state index in [9.17, 15) is 9.59 Å². The van der Waals surface area contributed by atoms with Gasteiger partial charge in [-0.1, -0.05) is 23.7 Å². The number of nitrogens with zero attached hydrogens (tertiary/aromatic N) is 2. The minimum absolute atomic E-state index is 0.160. The molecule has 0 bridgehead atoms. The summed E-state index contributed by atoms with van der Waals surface area (Å²) in [6.07, 6.45) is 0. The molecule has 0 aliphatic heterocycles. The Bertz CT molecular complexity index is 1060. The van der Waals surface area contributed by atoms with Gasteiger partial charge in [-0.15, -0.1) is 11.3 Å². The molecule has 0 saturated heterocycles. The Morgan fingerprint density at radius 3 is 2.66 bits per heavy atom. The molecular weight excluding hydrogens is 414 g/mol. The van der Waals surface area contributed by atoms with E-state index in [1.165, 1.54) is 18.4 Å². The van der Waals surface area contributed by atoms with Crippen molar-refractivity contribution in [3.05, 3.63) is 61.5 Å². The fourth-order valence-corrected chi connectivity index (χ4v) is 4.17. The standard InChI is InChI=1S/C20H22ClN3O4S/c1-12-16-18(25)22-15(11-24(2)10-13-4-6-14(21)7-5-13)23-19(16)29-17(12)20(26)28-9-8-27-3/h4-7H,8-11H2,1-3H3,(H,22,23,25). The zero-order valence-corrected chi connectivity index (χ0v) is 18.0. The van der Waals surface area contributed by atoms with Crippen LogP contribution >= 0.6 is 22.9 Å². The predicted molar refractivity (Wildman–Crippen MR) is 114 cm³/mol. The second-order valence-corrected chi connectivity index (χ2v) is 8.11. The number of rotatable bonds is 8.